The molecule has 1 N–H and O–H groups in total. The van der Waals surface area contributed by atoms with Gasteiger partial charge in [-0.1, -0.05) is 92.8 Å². The molecular formula is C25H31NO4SSi. The molecule has 3 atom stereocenters. The first-order valence-electron chi connectivity index (χ1n) is 11.0. The minimum absolute atomic E-state index is 0.0460. The summed E-state index contributed by atoms with van der Waals surface area (Å²) in [6.07, 6.45) is -0.739. The van der Waals surface area contributed by atoms with Gasteiger partial charge in [0.25, 0.3) is 8.32 Å². The minimum Gasteiger partial charge on any atom is -0.402 e. The number of rotatable bonds is 6. The molecule has 1 aliphatic heterocycles. The molecule has 0 saturated carbocycles. The van der Waals surface area contributed by atoms with E-state index in [2.05, 4.69) is 69.3 Å². The molecule has 170 valence electrons. The van der Waals surface area contributed by atoms with E-state index >= 15 is 0 Å². The third-order valence-electron chi connectivity index (χ3n) is 6.30. The maximum Gasteiger partial charge on any atom is 0.309 e. The Morgan fingerprint density at radius 2 is 1.66 bits per heavy atom. The van der Waals surface area contributed by atoms with Crippen LogP contribution >= 0.6 is 11.3 Å². The monoisotopic (exact) mass is 469 g/mol. The third-order valence-corrected chi connectivity index (χ3v) is 12.2. The van der Waals surface area contributed by atoms with E-state index in [0.717, 1.165) is 5.69 Å². The van der Waals surface area contributed by atoms with Crippen LogP contribution in [0.3, 0.4) is 0 Å². The van der Waals surface area contributed by atoms with Crippen LogP contribution in [0.25, 0.3) is 0 Å². The number of hydrogen-bond donors (Lipinski definition) is 1. The summed E-state index contributed by atoms with van der Waals surface area (Å²) < 4.78 is 15.0. The Morgan fingerprint density at radius 1 is 1.09 bits per heavy atom. The average molecular weight is 470 g/mol. The second-order valence-electron chi connectivity index (χ2n) is 9.38. The standard InChI is InChI=1S/C25H31NO4SSi/c1-18-17-31-24(28)26(18)23-15-21(22(16-27)29-23)30-32(25(2,3)4,19-11-7-5-8-12-19)20-13-9-6-10-14-20/h5-14,17,21-23,27H,15-16H2,1-4H3/t21-,22+,23+/m0/s1. The lowest BCUT2D eigenvalue weighted by Gasteiger charge is -2.45. The molecule has 2 aromatic carbocycles. The number of hydrogen-bond acceptors (Lipinski definition) is 5. The Bertz CT molecular complexity index is 1050. The number of ether oxygens (including phenoxy) is 1. The Hall–Kier alpha value is -2.03. The zero-order valence-electron chi connectivity index (χ0n) is 19.0. The van der Waals surface area contributed by atoms with Gasteiger partial charge in [-0.15, -0.1) is 0 Å². The van der Waals surface area contributed by atoms with Crippen LogP contribution in [0.2, 0.25) is 5.04 Å². The van der Waals surface area contributed by atoms with Crippen molar-refractivity contribution in [2.75, 3.05) is 6.61 Å². The Labute approximate surface area is 194 Å². The quantitative estimate of drug-likeness (QED) is 0.562. The molecule has 0 spiro atoms. The SMILES string of the molecule is Cc1csc(=O)n1[C@H]1C[C@H](O[Si](c2ccccc2)(c2ccccc2)C(C)(C)C)[C@@H](CO)O1. The lowest BCUT2D eigenvalue weighted by molar-refractivity contribution is -0.0430. The van der Waals surface area contributed by atoms with Gasteiger partial charge in [0.05, 0.1) is 12.7 Å². The summed E-state index contributed by atoms with van der Waals surface area (Å²) >= 11 is 1.17. The van der Waals surface area contributed by atoms with Crippen molar-refractivity contribution in [2.24, 2.45) is 0 Å². The van der Waals surface area contributed by atoms with Crippen LogP contribution in [0, 0.1) is 6.92 Å². The fraction of sp³-hybridized carbons (Fsp3) is 0.400. The number of nitrogens with zero attached hydrogens (tertiary/aromatic N) is 1. The maximum atomic E-state index is 12.4. The van der Waals surface area contributed by atoms with Crippen LogP contribution in [0.4, 0.5) is 0 Å². The minimum atomic E-state index is -2.79. The van der Waals surface area contributed by atoms with Gasteiger partial charge in [-0.25, -0.2) is 0 Å². The molecule has 0 unspecified atom stereocenters. The van der Waals surface area contributed by atoms with Crippen molar-refractivity contribution < 1.29 is 14.3 Å². The molecule has 1 aromatic heterocycles. The van der Waals surface area contributed by atoms with Crippen molar-refractivity contribution in [3.05, 3.63) is 81.4 Å². The first-order chi connectivity index (χ1) is 15.3. The van der Waals surface area contributed by atoms with Crippen molar-refractivity contribution in [3.63, 3.8) is 0 Å². The zero-order valence-corrected chi connectivity index (χ0v) is 20.8. The predicted octanol–water partition coefficient (Wildman–Crippen LogP) is 3.44. The average Bonchev–Trinajstić information content (AvgIpc) is 3.33. The zero-order chi connectivity index (χ0) is 22.9. The lowest BCUT2D eigenvalue weighted by Crippen LogP contribution is -2.68. The van der Waals surface area contributed by atoms with Crippen molar-refractivity contribution in [1.82, 2.24) is 4.57 Å². The summed E-state index contributed by atoms with van der Waals surface area (Å²) in [6, 6.07) is 20.9. The molecule has 1 aliphatic rings. The van der Waals surface area contributed by atoms with Gasteiger partial charge >= 0.3 is 4.87 Å². The highest BCUT2D eigenvalue weighted by atomic mass is 32.1. The summed E-state index contributed by atoms with van der Waals surface area (Å²) in [5.41, 5.74) is 0.868. The maximum absolute atomic E-state index is 12.4. The van der Waals surface area contributed by atoms with Crippen molar-refractivity contribution in [1.29, 1.82) is 0 Å². The normalized spacial score (nSPS) is 21.7. The summed E-state index contributed by atoms with van der Waals surface area (Å²) in [4.78, 5) is 12.4. The number of aromatic nitrogens is 1. The van der Waals surface area contributed by atoms with Crippen LogP contribution in [-0.2, 0) is 9.16 Å². The second kappa shape index (κ2) is 9.07. The number of thiazole rings is 1. The van der Waals surface area contributed by atoms with Gasteiger partial charge in [0, 0.05) is 17.5 Å². The predicted molar refractivity (Wildman–Crippen MR) is 131 cm³/mol. The molecule has 0 bridgehead atoms. The molecule has 1 saturated heterocycles. The van der Waals surface area contributed by atoms with Crippen LogP contribution < -0.4 is 15.2 Å². The molecule has 4 rings (SSSR count). The largest absolute Gasteiger partial charge is 0.402 e. The van der Waals surface area contributed by atoms with Crippen LogP contribution in [-0.4, -0.2) is 36.8 Å². The number of aliphatic hydroxyl groups excluding tert-OH is 1. The van der Waals surface area contributed by atoms with Crippen LogP contribution in [0.5, 0.6) is 0 Å². The highest BCUT2D eigenvalue weighted by Crippen LogP contribution is 2.41. The Balaban J connectivity index is 1.80. The highest BCUT2D eigenvalue weighted by molar-refractivity contribution is 7.07. The van der Waals surface area contributed by atoms with Crippen LogP contribution in [0.15, 0.2) is 70.8 Å². The summed E-state index contributed by atoms with van der Waals surface area (Å²) in [6.45, 7) is 8.44. The van der Waals surface area contributed by atoms with Gasteiger partial charge in [-0.3, -0.25) is 9.36 Å². The van der Waals surface area contributed by atoms with Crippen molar-refractivity contribution >= 4 is 30.0 Å². The highest BCUT2D eigenvalue weighted by Gasteiger charge is 2.53. The van der Waals surface area contributed by atoms with E-state index in [0.29, 0.717) is 6.42 Å². The molecule has 3 aromatic rings. The van der Waals surface area contributed by atoms with E-state index in [4.69, 9.17) is 9.16 Å². The van der Waals surface area contributed by atoms with Gasteiger partial charge < -0.3 is 14.3 Å². The molecule has 1 fully saturated rings. The van der Waals surface area contributed by atoms with Crippen LogP contribution in [0.1, 0.15) is 39.1 Å². The molecular weight excluding hydrogens is 438 g/mol. The topological polar surface area (TPSA) is 60.7 Å². The second-order valence-corrected chi connectivity index (χ2v) is 14.5. The van der Waals surface area contributed by atoms with Gasteiger partial charge in [-0.2, -0.15) is 0 Å². The number of benzene rings is 2. The Morgan fingerprint density at radius 3 is 2.09 bits per heavy atom. The molecule has 7 heteroatoms. The summed E-state index contributed by atoms with van der Waals surface area (Å²) in [7, 11) is -2.79. The fourth-order valence-electron chi connectivity index (χ4n) is 4.80. The lowest BCUT2D eigenvalue weighted by atomic mass is 10.2. The molecule has 32 heavy (non-hydrogen) atoms. The van der Waals surface area contributed by atoms with E-state index in [1.54, 1.807) is 4.57 Å². The third kappa shape index (κ3) is 4.04. The van der Waals surface area contributed by atoms with Gasteiger partial charge in [-0.05, 0) is 22.3 Å². The van der Waals surface area contributed by atoms with Gasteiger partial charge in [0.1, 0.15) is 12.3 Å². The summed E-state index contributed by atoms with van der Waals surface area (Å²) in [5.74, 6) is 0. The molecule has 2 heterocycles. The van der Waals surface area contributed by atoms with E-state index in [-0.39, 0.29) is 22.6 Å². The van der Waals surface area contributed by atoms with Crippen molar-refractivity contribution in [2.45, 2.75) is 57.6 Å². The first-order valence-corrected chi connectivity index (χ1v) is 13.8. The van der Waals surface area contributed by atoms with Gasteiger partial charge in [0.2, 0.25) is 0 Å². The van der Waals surface area contributed by atoms with E-state index in [9.17, 15) is 9.90 Å². The summed E-state index contributed by atoms with van der Waals surface area (Å²) in [5, 5.41) is 14.2. The first kappa shape index (κ1) is 23.1. The van der Waals surface area contributed by atoms with E-state index in [1.807, 2.05) is 24.4 Å². The van der Waals surface area contributed by atoms with E-state index < -0.39 is 20.6 Å². The van der Waals surface area contributed by atoms with E-state index in [1.165, 1.54) is 21.7 Å². The van der Waals surface area contributed by atoms with Crippen molar-refractivity contribution in [3.8, 4) is 0 Å². The number of aryl methyl sites for hydroxylation is 1. The molecule has 0 radical (unpaired) electrons. The molecule has 5 nitrogen and oxygen atoms in total. The fourth-order valence-corrected chi connectivity index (χ4v) is 10.3. The molecule has 0 amide bonds. The smallest absolute Gasteiger partial charge is 0.309 e. The number of aliphatic hydroxyl groups is 1. The van der Waals surface area contributed by atoms with Gasteiger partial charge in [0.15, 0.2) is 0 Å². The Kier molecular flexibility index (Phi) is 6.56. The molecule has 0 aliphatic carbocycles.